The lowest BCUT2D eigenvalue weighted by Crippen LogP contribution is -2.48. The summed E-state index contributed by atoms with van der Waals surface area (Å²) in [4.78, 5) is 19.4. The third-order valence-electron chi connectivity index (χ3n) is 5.09. The van der Waals surface area contributed by atoms with Crippen LogP contribution in [0.3, 0.4) is 0 Å². The predicted molar refractivity (Wildman–Crippen MR) is 92.1 cm³/mol. The average Bonchev–Trinajstić information content (AvgIpc) is 3.41. The minimum absolute atomic E-state index is 0.0529. The standard InChI is InChI=1S/C18H24N4O2/c1-12-20-16-6-3-13(9-17(16)21(12)2)18(23)19-10-15-11-22(7-8-24-15)14-4-5-14/h3,6,9,14-15H,4-5,7-8,10-11H2,1-2H3,(H,19,23). The lowest BCUT2D eigenvalue weighted by molar-refractivity contribution is -0.0293. The molecule has 2 aliphatic rings. The number of hydrogen-bond acceptors (Lipinski definition) is 4. The third-order valence-corrected chi connectivity index (χ3v) is 5.09. The number of carbonyl (C=O) groups is 1. The van der Waals surface area contributed by atoms with Crippen LogP contribution in [0.2, 0.25) is 0 Å². The van der Waals surface area contributed by atoms with E-state index in [1.807, 2.05) is 36.7 Å². The molecule has 6 heteroatoms. The van der Waals surface area contributed by atoms with E-state index in [1.165, 1.54) is 12.8 Å². The van der Waals surface area contributed by atoms with Gasteiger partial charge < -0.3 is 14.6 Å². The first kappa shape index (κ1) is 15.6. The minimum atomic E-state index is -0.0529. The average molecular weight is 328 g/mol. The van der Waals surface area contributed by atoms with Crippen molar-refractivity contribution in [3.63, 3.8) is 0 Å². The van der Waals surface area contributed by atoms with Gasteiger partial charge in [-0.15, -0.1) is 0 Å². The Hall–Kier alpha value is -1.92. The molecule has 24 heavy (non-hydrogen) atoms. The maximum absolute atomic E-state index is 12.5. The molecule has 6 nitrogen and oxygen atoms in total. The van der Waals surface area contributed by atoms with Crippen molar-refractivity contribution in [3.05, 3.63) is 29.6 Å². The number of imidazole rings is 1. The first-order chi connectivity index (χ1) is 11.6. The number of aromatic nitrogens is 2. The summed E-state index contributed by atoms with van der Waals surface area (Å²) < 4.78 is 7.80. The summed E-state index contributed by atoms with van der Waals surface area (Å²) in [6.07, 6.45) is 2.71. The summed E-state index contributed by atoms with van der Waals surface area (Å²) in [5.74, 6) is 0.890. The van der Waals surface area contributed by atoms with Gasteiger partial charge in [-0.05, 0) is 38.0 Å². The van der Waals surface area contributed by atoms with Crippen LogP contribution in [0.25, 0.3) is 11.0 Å². The van der Waals surface area contributed by atoms with Crippen molar-refractivity contribution in [1.82, 2.24) is 19.8 Å². The van der Waals surface area contributed by atoms with Crippen molar-refractivity contribution in [1.29, 1.82) is 0 Å². The van der Waals surface area contributed by atoms with Crippen molar-refractivity contribution in [2.75, 3.05) is 26.2 Å². The van der Waals surface area contributed by atoms with E-state index in [1.54, 1.807) is 0 Å². The quantitative estimate of drug-likeness (QED) is 0.923. The summed E-state index contributed by atoms with van der Waals surface area (Å²) in [6.45, 7) is 5.23. The zero-order valence-corrected chi connectivity index (χ0v) is 14.3. The smallest absolute Gasteiger partial charge is 0.251 e. The first-order valence-electron chi connectivity index (χ1n) is 8.69. The van der Waals surface area contributed by atoms with E-state index in [0.29, 0.717) is 12.1 Å². The predicted octanol–water partition coefficient (Wildman–Crippen LogP) is 1.47. The zero-order valence-electron chi connectivity index (χ0n) is 14.3. The fourth-order valence-electron chi connectivity index (χ4n) is 3.40. The maximum Gasteiger partial charge on any atom is 0.251 e. The lowest BCUT2D eigenvalue weighted by Gasteiger charge is -2.33. The number of fused-ring (bicyclic) bond motifs is 1. The highest BCUT2D eigenvalue weighted by atomic mass is 16.5. The first-order valence-corrected chi connectivity index (χ1v) is 8.69. The lowest BCUT2D eigenvalue weighted by atomic mass is 10.1. The molecule has 128 valence electrons. The van der Waals surface area contributed by atoms with Gasteiger partial charge in [-0.1, -0.05) is 0 Å². The molecule has 0 spiro atoms. The monoisotopic (exact) mass is 328 g/mol. The Labute approximate surface area is 141 Å². The minimum Gasteiger partial charge on any atom is -0.374 e. The molecule has 1 aromatic carbocycles. The highest BCUT2D eigenvalue weighted by Gasteiger charge is 2.32. The molecule has 0 bridgehead atoms. The number of aryl methyl sites for hydroxylation is 2. The van der Waals surface area contributed by atoms with E-state index < -0.39 is 0 Å². The molecule has 0 radical (unpaired) electrons. The van der Waals surface area contributed by atoms with Crippen LogP contribution in [-0.2, 0) is 11.8 Å². The molecular formula is C18H24N4O2. The van der Waals surface area contributed by atoms with Crippen molar-refractivity contribution in [3.8, 4) is 0 Å². The number of ether oxygens (including phenoxy) is 1. The van der Waals surface area contributed by atoms with Gasteiger partial charge in [0, 0.05) is 38.3 Å². The van der Waals surface area contributed by atoms with E-state index in [9.17, 15) is 4.79 Å². The summed E-state index contributed by atoms with van der Waals surface area (Å²) in [6, 6.07) is 6.40. The molecule has 1 saturated carbocycles. The molecule has 1 amide bonds. The van der Waals surface area contributed by atoms with Crippen LogP contribution in [0.1, 0.15) is 29.0 Å². The van der Waals surface area contributed by atoms with Gasteiger partial charge in [0.15, 0.2) is 0 Å². The van der Waals surface area contributed by atoms with E-state index in [0.717, 1.165) is 42.6 Å². The van der Waals surface area contributed by atoms with E-state index in [-0.39, 0.29) is 12.0 Å². The van der Waals surface area contributed by atoms with Crippen LogP contribution in [-0.4, -0.2) is 58.7 Å². The summed E-state index contributed by atoms with van der Waals surface area (Å²) in [5, 5.41) is 3.02. The van der Waals surface area contributed by atoms with Gasteiger partial charge in [0.05, 0.1) is 23.7 Å². The maximum atomic E-state index is 12.5. The van der Waals surface area contributed by atoms with Gasteiger partial charge in [-0.25, -0.2) is 4.98 Å². The summed E-state index contributed by atoms with van der Waals surface area (Å²) in [7, 11) is 1.97. The number of rotatable bonds is 4. The highest BCUT2D eigenvalue weighted by molar-refractivity contribution is 5.97. The molecule has 1 unspecified atom stereocenters. The van der Waals surface area contributed by atoms with Crippen LogP contribution in [0.5, 0.6) is 0 Å². The zero-order chi connectivity index (χ0) is 16.7. The second-order valence-electron chi connectivity index (χ2n) is 6.85. The fraction of sp³-hybridized carbons (Fsp3) is 0.556. The van der Waals surface area contributed by atoms with Gasteiger partial charge in [0.25, 0.3) is 5.91 Å². The second-order valence-corrected chi connectivity index (χ2v) is 6.85. The number of benzene rings is 1. The van der Waals surface area contributed by atoms with Gasteiger partial charge in [-0.2, -0.15) is 0 Å². The van der Waals surface area contributed by atoms with Crippen LogP contribution < -0.4 is 5.32 Å². The van der Waals surface area contributed by atoms with Crippen LogP contribution >= 0.6 is 0 Å². The molecule has 1 N–H and O–H groups in total. The Bertz CT molecular complexity index is 766. The Morgan fingerprint density at radius 2 is 2.25 bits per heavy atom. The Morgan fingerprint density at radius 1 is 1.42 bits per heavy atom. The van der Waals surface area contributed by atoms with E-state index >= 15 is 0 Å². The van der Waals surface area contributed by atoms with Gasteiger partial charge >= 0.3 is 0 Å². The van der Waals surface area contributed by atoms with Crippen LogP contribution in [0.4, 0.5) is 0 Å². The largest absolute Gasteiger partial charge is 0.374 e. The number of carbonyl (C=O) groups excluding carboxylic acids is 1. The SMILES string of the molecule is Cc1nc2ccc(C(=O)NCC3CN(C4CC4)CCO3)cc2n1C. The Balaban J connectivity index is 1.39. The topological polar surface area (TPSA) is 59.4 Å². The molecular weight excluding hydrogens is 304 g/mol. The molecule has 4 rings (SSSR count). The number of morpholine rings is 1. The molecule has 1 aliphatic heterocycles. The second kappa shape index (κ2) is 6.18. The fourth-order valence-corrected chi connectivity index (χ4v) is 3.40. The Kier molecular flexibility index (Phi) is 4.02. The highest BCUT2D eigenvalue weighted by Crippen LogP contribution is 2.28. The molecule has 1 atom stereocenters. The Morgan fingerprint density at radius 3 is 3.04 bits per heavy atom. The van der Waals surface area contributed by atoms with Crippen molar-refractivity contribution in [2.24, 2.45) is 7.05 Å². The van der Waals surface area contributed by atoms with Crippen LogP contribution in [0.15, 0.2) is 18.2 Å². The van der Waals surface area contributed by atoms with E-state index in [2.05, 4.69) is 15.2 Å². The van der Waals surface area contributed by atoms with E-state index in [4.69, 9.17) is 4.74 Å². The normalized spacial score (nSPS) is 22.0. The third kappa shape index (κ3) is 3.03. The molecule has 2 aromatic rings. The molecule has 1 aliphatic carbocycles. The summed E-state index contributed by atoms with van der Waals surface area (Å²) >= 11 is 0. The number of amides is 1. The van der Waals surface area contributed by atoms with Crippen molar-refractivity contribution >= 4 is 16.9 Å². The van der Waals surface area contributed by atoms with Crippen molar-refractivity contribution < 1.29 is 9.53 Å². The molecule has 1 aromatic heterocycles. The number of nitrogens with one attached hydrogen (secondary N) is 1. The van der Waals surface area contributed by atoms with Crippen molar-refractivity contribution in [2.45, 2.75) is 31.9 Å². The molecule has 1 saturated heterocycles. The molecule has 2 heterocycles. The van der Waals surface area contributed by atoms with Crippen LogP contribution in [0, 0.1) is 6.92 Å². The van der Waals surface area contributed by atoms with Gasteiger partial charge in [0.1, 0.15) is 5.82 Å². The van der Waals surface area contributed by atoms with Gasteiger partial charge in [-0.3, -0.25) is 9.69 Å². The summed E-state index contributed by atoms with van der Waals surface area (Å²) in [5.41, 5.74) is 2.57. The van der Waals surface area contributed by atoms with Gasteiger partial charge in [0.2, 0.25) is 0 Å². The molecule has 2 fully saturated rings. The number of nitrogens with zero attached hydrogens (tertiary/aromatic N) is 3. The number of hydrogen-bond donors (Lipinski definition) is 1.